The molecule has 30 heavy (non-hydrogen) atoms. The first kappa shape index (κ1) is 20.6. The van der Waals surface area contributed by atoms with Crippen LogP contribution >= 0.6 is 27.5 Å². The summed E-state index contributed by atoms with van der Waals surface area (Å²) in [6, 6.07) is 22.0. The van der Waals surface area contributed by atoms with Gasteiger partial charge in [0.15, 0.2) is 0 Å². The van der Waals surface area contributed by atoms with E-state index in [2.05, 4.69) is 21.0 Å². The van der Waals surface area contributed by atoms with Gasteiger partial charge >= 0.3 is 0 Å². The molecule has 0 saturated heterocycles. The number of rotatable bonds is 6. The molecule has 0 bridgehead atoms. The molecule has 0 aliphatic rings. The molecule has 0 aliphatic heterocycles. The van der Waals surface area contributed by atoms with Crippen LogP contribution in [0.15, 0.2) is 82.1 Å². The van der Waals surface area contributed by atoms with Gasteiger partial charge in [0.25, 0.3) is 5.56 Å². The van der Waals surface area contributed by atoms with Gasteiger partial charge < -0.3 is 9.84 Å². The van der Waals surface area contributed by atoms with Crippen LogP contribution in [0.5, 0.6) is 5.75 Å². The summed E-state index contributed by atoms with van der Waals surface area (Å²) >= 11 is 9.30. The van der Waals surface area contributed by atoms with E-state index in [0.717, 1.165) is 15.4 Å². The van der Waals surface area contributed by atoms with E-state index in [9.17, 15) is 9.90 Å². The van der Waals surface area contributed by atoms with Crippen LogP contribution in [0.2, 0.25) is 5.02 Å². The van der Waals surface area contributed by atoms with E-state index in [1.54, 1.807) is 30.3 Å². The molecule has 1 heterocycles. The minimum absolute atomic E-state index is 0.0147. The van der Waals surface area contributed by atoms with Crippen molar-refractivity contribution in [3.63, 3.8) is 0 Å². The van der Waals surface area contributed by atoms with E-state index in [-0.39, 0.29) is 18.7 Å². The number of aromatic nitrogens is 2. The summed E-state index contributed by atoms with van der Waals surface area (Å²) in [6.07, 6.45) is -0.912. The van der Waals surface area contributed by atoms with Crippen molar-refractivity contribution in [2.24, 2.45) is 0 Å². The molecule has 0 saturated carbocycles. The fraction of sp³-hybridized carbons (Fsp3) is 0.130. The van der Waals surface area contributed by atoms with Crippen molar-refractivity contribution < 1.29 is 9.84 Å². The lowest BCUT2D eigenvalue weighted by molar-refractivity contribution is 0.0882. The maximum absolute atomic E-state index is 12.9. The first-order valence-corrected chi connectivity index (χ1v) is 10.5. The van der Waals surface area contributed by atoms with Crippen LogP contribution in [0.3, 0.4) is 0 Å². The second-order valence-corrected chi connectivity index (χ2v) is 8.16. The van der Waals surface area contributed by atoms with Gasteiger partial charge in [-0.05, 0) is 42.5 Å². The van der Waals surface area contributed by atoms with E-state index in [0.29, 0.717) is 21.9 Å². The molecule has 152 valence electrons. The lowest BCUT2D eigenvalue weighted by Gasteiger charge is -2.15. The lowest BCUT2D eigenvalue weighted by atomic mass is 10.1. The van der Waals surface area contributed by atoms with Gasteiger partial charge in [0.05, 0.1) is 17.6 Å². The molecule has 1 unspecified atom stereocenters. The molecule has 0 fully saturated rings. The normalized spacial score (nSPS) is 12.1. The van der Waals surface area contributed by atoms with Crippen LogP contribution in [0.1, 0.15) is 0 Å². The third-order valence-electron chi connectivity index (χ3n) is 4.63. The molecule has 5 nitrogen and oxygen atoms in total. The molecule has 0 spiro atoms. The largest absolute Gasteiger partial charge is 0.491 e. The third kappa shape index (κ3) is 4.56. The molecule has 1 aromatic heterocycles. The highest BCUT2D eigenvalue weighted by atomic mass is 79.9. The summed E-state index contributed by atoms with van der Waals surface area (Å²) in [6.45, 7) is 0.0387. The van der Waals surface area contributed by atoms with Crippen molar-refractivity contribution in [1.29, 1.82) is 0 Å². The average Bonchev–Trinajstić information content (AvgIpc) is 2.76. The highest BCUT2D eigenvalue weighted by molar-refractivity contribution is 9.10. The summed E-state index contributed by atoms with van der Waals surface area (Å²) in [5.74, 6) is 0.591. The van der Waals surface area contributed by atoms with Crippen molar-refractivity contribution in [3.05, 3.63) is 92.6 Å². The van der Waals surface area contributed by atoms with Crippen molar-refractivity contribution >= 4 is 38.3 Å². The van der Waals surface area contributed by atoms with E-state index < -0.39 is 6.10 Å². The van der Waals surface area contributed by atoms with Gasteiger partial charge in [0.2, 0.25) is 0 Å². The number of hydrogen-bond acceptors (Lipinski definition) is 4. The maximum Gasteiger partial charge on any atom is 0.274 e. The van der Waals surface area contributed by atoms with Gasteiger partial charge in [-0.25, -0.2) is 4.68 Å². The highest BCUT2D eigenvalue weighted by Gasteiger charge is 2.15. The Bertz CT molecular complexity index is 1220. The topological polar surface area (TPSA) is 64.4 Å². The predicted molar refractivity (Wildman–Crippen MR) is 122 cm³/mol. The fourth-order valence-corrected chi connectivity index (χ4v) is 3.55. The quantitative estimate of drug-likeness (QED) is 0.421. The van der Waals surface area contributed by atoms with Crippen molar-refractivity contribution in [2.75, 3.05) is 6.61 Å². The minimum Gasteiger partial charge on any atom is -0.491 e. The Hall–Kier alpha value is -2.67. The van der Waals surface area contributed by atoms with Gasteiger partial charge in [0.1, 0.15) is 18.5 Å². The minimum atomic E-state index is -0.912. The molecule has 4 aromatic rings. The van der Waals surface area contributed by atoms with Crippen LogP contribution < -0.4 is 10.3 Å². The average molecular weight is 486 g/mol. The first-order chi connectivity index (χ1) is 14.5. The number of aliphatic hydroxyl groups excluding tert-OH is 1. The zero-order valence-corrected chi connectivity index (χ0v) is 18.2. The van der Waals surface area contributed by atoms with Gasteiger partial charge in [-0.1, -0.05) is 57.9 Å². The molecule has 1 N–H and O–H groups in total. The number of ether oxygens (including phenoxy) is 1. The molecule has 0 radical (unpaired) electrons. The molecule has 0 amide bonds. The molecule has 3 aromatic carbocycles. The second kappa shape index (κ2) is 9.00. The number of aliphatic hydroxyl groups is 1. The number of hydrogen-bond donors (Lipinski definition) is 1. The summed E-state index contributed by atoms with van der Waals surface area (Å²) in [4.78, 5) is 12.9. The lowest BCUT2D eigenvalue weighted by Crippen LogP contribution is -2.32. The van der Waals surface area contributed by atoms with E-state index >= 15 is 0 Å². The zero-order chi connectivity index (χ0) is 21.1. The van der Waals surface area contributed by atoms with E-state index in [1.807, 2.05) is 42.5 Å². The Morgan fingerprint density at radius 3 is 2.37 bits per heavy atom. The van der Waals surface area contributed by atoms with E-state index in [1.165, 1.54) is 4.68 Å². The van der Waals surface area contributed by atoms with Crippen LogP contribution in [-0.2, 0) is 6.54 Å². The molecular formula is C23H18BrClN2O3. The molecule has 1 atom stereocenters. The van der Waals surface area contributed by atoms with Crippen LogP contribution in [0.4, 0.5) is 0 Å². The molecule has 7 heteroatoms. The summed E-state index contributed by atoms with van der Waals surface area (Å²) in [5.41, 5.74) is 1.32. The fourth-order valence-electron chi connectivity index (χ4n) is 3.16. The number of halogens is 2. The Labute approximate surface area is 186 Å². The smallest absolute Gasteiger partial charge is 0.274 e. The highest BCUT2D eigenvalue weighted by Crippen LogP contribution is 2.26. The zero-order valence-electron chi connectivity index (χ0n) is 15.8. The van der Waals surface area contributed by atoms with Crippen molar-refractivity contribution in [3.8, 4) is 17.0 Å². The SMILES string of the molecule is O=c1c2ccccc2c(-c2ccc(Br)cc2)nn1CC(O)COc1ccc(Cl)cc1. The first-order valence-electron chi connectivity index (χ1n) is 9.33. The summed E-state index contributed by atoms with van der Waals surface area (Å²) in [5, 5.41) is 16.9. The summed E-state index contributed by atoms with van der Waals surface area (Å²) in [7, 11) is 0. The maximum atomic E-state index is 12.9. The van der Waals surface area contributed by atoms with Gasteiger partial charge in [-0.2, -0.15) is 5.10 Å². The van der Waals surface area contributed by atoms with Crippen LogP contribution in [0, 0.1) is 0 Å². The van der Waals surface area contributed by atoms with Crippen molar-refractivity contribution in [1.82, 2.24) is 9.78 Å². The Kier molecular flexibility index (Phi) is 6.18. The Balaban J connectivity index is 1.63. The van der Waals surface area contributed by atoms with Gasteiger partial charge in [0, 0.05) is 20.4 Å². The standard InChI is InChI=1S/C23H18BrClN2O3/c24-16-7-5-15(6-8-16)22-20-3-1-2-4-21(20)23(29)27(26-22)13-18(28)14-30-19-11-9-17(25)10-12-19/h1-12,18,28H,13-14H2. The molecule has 4 rings (SSSR count). The third-order valence-corrected chi connectivity index (χ3v) is 5.41. The predicted octanol–water partition coefficient (Wildman–Crippen LogP) is 4.92. The Morgan fingerprint density at radius 1 is 1.00 bits per heavy atom. The van der Waals surface area contributed by atoms with E-state index in [4.69, 9.17) is 16.3 Å². The number of benzene rings is 3. The summed E-state index contributed by atoms with van der Waals surface area (Å²) < 4.78 is 7.85. The number of fused-ring (bicyclic) bond motifs is 1. The number of nitrogens with zero attached hydrogens (tertiary/aromatic N) is 2. The second-order valence-electron chi connectivity index (χ2n) is 6.81. The Morgan fingerprint density at radius 2 is 1.67 bits per heavy atom. The monoisotopic (exact) mass is 484 g/mol. The van der Waals surface area contributed by atoms with Gasteiger partial charge in [-0.15, -0.1) is 0 Å². The molecular weight excluding hydrogens is 468 g/mol. The van der Waals surface area contributed by atoms with Gasteiger partial charge in [-0.3, -0.25) is 4.79 Å². The van der Waals surface area contributed by atoms with Crippen molar-refractivity contribution in [2.45, 2.75) is 12.6 Å². The molecule has 0 aliphatic carbocycles. The van der Waals surface area contributed by atoms with Crippen LogP contribution in [0.25, 0.3) is 22.0 Å². The van der Waals surface area contributed by atoms with Crippen LogP contribution in [-0.4, -0.2) is 27.6 Å².